The number of ether oxygens (including phenoxy) is 2. The van der Waals surface area contributed by atoms with Crippen LogP contribution in [0.1, 0.15) is 32.4 Å². The fourth-order valence-electron chi connectivity index (χ4n) is 2.47. The van der Waals surface area contributed by atoms with Gasteiger partial charge in [0.05, 0.1) is 31.0 Å². The largest absolute Gasteiger partial charge is 0.389 e. The summed E-state index contributed by atoms with van der Waals surface area (Å²) >= 11 is 0. The van der Waals surface area contributed by atoms with Gasteiger partial charge in [-0.25, -0.2) is 4.39 Å². The van der Waals surface area contributed by atoms with E-state index in [1.54, 1.807) is 6.07 Å². The second-order valence-electron chi connectivity index (χ2n) is 6.75. The number of aliphatic hydroxyl groups is 1. The van der Waals surface area contributed by atoms with Gasteiger partial charge in [0.25, 0.3) is 0 Å². The maximum absolute atomic E-state index is 13.3. The van der Waals surface area contributed by atoms with Crippen LogP contribution in [0.15, 0.2) is 24.3 Å². The molecule has 0 spiro atoms. The molecule has 1 N–H and O–H groups in total. The molecule has 1 saturated heterocycles. The average molecular weight is 311 g/mol. The summed E-state index contributed by atoms with van der Waals surface area (Å²) < 4.78 is 24.6. The van der Waals surface area contributed by atoms with Gasteiger partial charge in [-0.1, -0.05) is 12.1 Å². The van der Waals surface area contributed by atoms with Crippen molar-refractivity contribution in [3.63, 3.8) is 0 Å². The zero-order valence-corrected chi connectivity index (χ0v) is 13.6. The first kappa shape index (κ1) is 17.3. The van der Waals surface area contributed by atoms with Gasteiger partial charge in [-0.05, 0) is 38.5 Å². The smallest absolute Gasteiger partial charge is 0.123 e. The monoisotopic (exact) mass is 311 g/mol. The highest BCUT2D eigenvalue weighted by Gasteiger charge is 2.24. The molecule has 1 aromatic rings. The van der Waals surface area contributed by atoms with Crippen molar-refractivity contribution in [1.29, 1.82) is 0 Å². The second kappa shape index (κ2) is 7.51. The summed E-state index contributed by atoms with van der Waals surface area (Å²) in [6, 6.07) is 6.50. The van der Waals surface area contributed by atoms with Crippen molar-refractivity contribution >= 4 is 0 Å². The first-order chi connectivity index (χ1) is 10.3. The SMILES string of the molecule is CC(C)(C)OCC(O)CN1CCOC(c2cccc(F)c2)C1. The lowest BCUT2D eigenvalue weighted by atomic mass is 10.1. The number of halogens is 1. The quantitative estimate of drug-likeness (QED) is 0.906. The number of morpholine rings is 1. The van der Waals surface area contributed by atoms with Crippen LogP contribution in [-0.4, -0.2) is 54.6 Å². The number of hydrogen-bond acceptors (Lipinski definition) is 4. The Bertz CT molecular complexity index is 475. The molecule has 0 aliphatic carbocycles. The predicted octanol–water partition coefficient (Wildman–Crippen LogP) is 2.38. The van der Waals surface area contributed by atoms with E-state index in [0.717, 1.165) is 12.1 Å². The minimum Gasteiger partial charge on any atom is -0.389 e. The molecule has 2 rings (SSSR count). The molecule has 0 aromatic heterocycles. The number of rotatable bonds is 5. The van der Waals surface area contributed by atoms with E-state index >= 15 is 0 Å². The highest BCUT2D eigenvalue weighted by Crippen LogP contribution is 2.23. The molecule has 0 saturated carbocycles. The Hall–Kier alpha value is -1.01. The molecule has 1 aliphatic heterocycles. The summed E-state index contributed by atoms with van der Waals surface area (Å²) in [4.78, 5) is 2.13. The van der Waals surface area contributed by atoms with Crippen molar-refractivity contribution in [3.8, 4) is 0 Å². The zero-order valence-electron chi connectivity index (χ0n) is 13.6. The molecule has 2 atom stereocenters. The van der Waals surface area contributed by atoms with E-state index in [2.05, 4.69) is 4.90 Å². The van der Waals surface area contributed by atoms with Gasteiger partial charge in [0, 0.05) is 19.6 Å². The van der Waals surface area contributed by atoms with Crippen LogP contribution >= 0.6 is 0 Å². The molecule has 1 heterocycles. The maximum atomic E-state index is 13.3. The van der Waals surface area contributed by atoms with Crippen molar-refractivity contribution < 1.29 is 19.0 Å². The molecule has 22 heavy (non-hydrogen) atoms. The summed E-state index contributed by atoms with van der Waals surface area (Å²) in [6.45, 7) is 8.73. The standard InChI is InChI=1S/C17H26FNO3/c1-17(2,3)22-12-15(20)10-19-7-8-21-16(11-19)13-5-4-6-14(18)9-13/h4-6,9,15-16,20H,7-8,10-12H2,1-3H3. The zero-order chi connectivity index (χ0) is 16.2. The van der Waals surface area contributed by atoms with Gasteiger partial charge in [0.2, 0.25) is 0 Å². The molecule has 0 radical (unpaired) electrons. The number of nitrogens with zero attached hydrogens (tertiary/aromatic N) is 1. The van der Waals surface area contributed by atoms with Crippen molar-refractivity contribution in [3.05, 3.63) is 35.6 Å². The van der Waals surface area contributed by atoms with Crippen LogP contribution < -0.4 is 0 Å². The molecular weight excluding hydrogens is 285 g/mol. The third kappa shape index (κ3) is 5.65. The van der Waals surface area contributed by atoms with Crippen molar-refractivity contribution in [2.45, 2.75) is 38.6 Å². The third-order valence-corrected chi connectivity index (χ3v) is 3.55. The Balaban J connectivity index is 1.85. The highest BCUT2D eigenvalue weighted by atomic mass is 19.1. The summed E-state index contributed by atoms with van der Waals surface area (Å²) in [6.07, 6.45) is -0.689. The maximum Gasteiger partial charge on any atom is 0.123 e. The summed E-state index contributed by atoms with van der Waals surface area (Å²) in [5, 5.41) is 10.1. The van der Waals surface area contributed by atoms with Crippen molar-refractivity contribution in [1.82, 2.24) is 4.90 Å². The fraction of sp³-hybridized carbons (Fsp3) is 0.647. The van der Waals surface area contributed by atoms with Crippen LogP contribution in [-0.2, 0) is 9.47 Å². The Labute approximate surface area is 131 Å². The molecule has 1 aromatic carbocycles. The normalized spacial score (nSPS) is 21.8. The second-order valence-corrected chi connectivity index (χ2v) is 6.75. The first-order valence-electron chi connectivity index (χ1n) is 7.75. The molecule has 2 unspecified atom stereocenters. The van der Waals surface area contributed by atoms with Gasteiger partial charge in [-0.3, -0.25) is 4.90 Å². The van der Waals surface area contributed by atoms with Crippen LogP contribution in [0.2, 0.25) is 0 Å². The van der Waals surface area contributed by atoms with Crippen LogP contribution in [0.4, 0.5) is 4.39 Å². The fourth-order valence-corrected chi connectivity index (χ4v) is 2.47. The van der Waals surface area contributed by atoms with Crippen LogP contribution in [0.3, 0.4) is 0 Å². The van der Waals surface area contributed by atoms with E-state index in [0.29, 0.717) is 26.3 Å². The number of aliphatic hydroxyl groups excluding tert-OH is 1. The molecule has 4 nitrogen and oxygen atoms in total. The van der Waals surface area contributed by atoms with E-state index in [9.17, 15) is 9.50 Å². The van der Waals surface area contributed by atoms with Crippen LogP contribution in [0.5, 0.6) is 0 Å². The van der Waals surface area contributed by atoms with Crippen molar-refractivity contribution in [2.75, 3.05) is 32.8 Å². The Kier molecular flexibility index (Phi) is 5.92. The number of hydrogen-bond donors (Lipinski definition) is 1. The van der Waals surface area contributed by atoms with Crippen LogP contribution in [0, 0.1) is 5.82 Å². The average Bonchev–Trinajstić information content (AvgIpc) is 2.45. The summed E-state index contributed by atoms with van der Waals surface area (Å²) in [7, 11) is 0. The van der Waals surface area contributed by atoms with Gasteiger partial charge < -0.3 is 14.6 Å². The van der Waals surface area contributed by atoms with E-state index in [4.69, 9.17) is 9.47 Å². The topological polar surface area (TPSA) is 41.9 Å². The summed E-state index contributed by atoms with van der Waals surface area (Å²) in [5.41, 5.74) is 0.584. The van der Waals surface area contributed by atoms with Crippen molar-refractivity contribution in [2.24, 2.45) is 0 Å². The lowest BCUT2D eigenvalue weighted by Gasteiger charge is -2.34. The highest BCUT2D eigenvalue weighted by molar-refractivity contribution is 5.19. The Morgan fingerprint density at radius 1 is 1.45 bits per heavy atom. The minimum atomic E-state index is -0.537. The van der Waals surface area contributed by atoms with Gasteiger partial charge >= 0.3 is 0 Å². The molecule has 0 bridgehead atoms. The Morgan fingerprint density at radius 2 is 2.23 bits per heavy atom. The Morgan fingerprint density at radius 3 is 2.91 bits per heavy atom. The number of β-amino-alcohol motifs (C(OH)–C–C–N with tert-alkyl or cyclic N) is 1. The third-order valence-electron chi connectivity index (χ3n) is 3.55. The lowest BCUT2D eigenvalue weighted by molar-refractivity contribution is -0.0758. The van der Waals surface area contributed by atoms with Crippen LogP contribution in [0.25, 0.3) is 0 Å². The molecule has 0 amide bonds. The summed E-state index contributed by atoms with van der Waals surface area (Å²) in [5.74, 6) is -0.253. The molecule has 5 heteroatoms. The van der Waals surface area contributed by atoms with Gasteiger partial charge in [0.1, 0.15) is 5.82 Å². The molecule has 124 valence electrons. The minimum absolute atomic E-state index is 0.153. The van der Waals surface area contributed by atoms with Gasteiger partial charge in [-0.2, -0.15) is 0 Å². The van der Waals surface area contributed by atoms with E-state index in [-0.39, 0.29) is 17.5 Å². The van der Waals surface area contributed by atoms with E-state index in [1.807, 2.05) is 26.8 Å². The van der Waals surface area contributed by atoms with E-state index < -0.39 is 6.10 Å². The van der Waals surface area contributed by atoms with Gasteiger partial charge in [0.15, 0.2) is 0 Å². The lowest BCUT2D eigenvalue weighted by Crippen LogP contribution is -2.44. The first-order valence-corrected chi connectivity index (χ1v) is 7.75. The molecular formula is C17H26FNO3. The van der Waals surface area contributed by atoms with E-state index in [1.165, 1.54) is 12.1 Å². The van der Waals surface area contributed by atoms with Gasteiger partial charge in [-0.15, -0.1) is 0 Å². The molecule has 1 aliphatic rings. The number of benzene rings is 1. The predicted molar refractivity (Wildman–Crippen MR) is 83.2 cm³/mol. The molecule has 1 fully saturated rings.